The zero-order valence-corrected chi connectivity index (χ0v) is 9.52. The lowest BCUT2D eigenvalue weighted by atomic mass is 10.2. The molecule has 1 aromatic rings. The lowest BCUT2D eigenvalue weighted by Gasteiger charge is -2.10. The molecule has 2 N–H and O–H groups in total. The van der Waals surface area contributed by atoms with Crippen molar-refractivity contribution in [2.75, 3.05) is 11.6 Å². The fraction of sp³-hybridized carbons (Fsp3) is 0.364. The first-order chi connectivity index (χ1) is 7.75. The molecule has 0 aliphatic carbocycles. The van der Waals surface area contributed by atoms with Crippen LogP contribution >= 0.6 is 11.8 Å². The number of carbonyl (C=O) groups is 1. The van der Waals surface area contributed by atoms with Crippen LogP contribution in [0.25, 0.3) is 0 Å². The minimum atomic E-state index is -0.260. The summed E-state index contributed by atoms with van der Waals surface area (Å²) in [5.41, 5.74) is 0.903. The van der Waals surface area contributed by atoms with Gasteiger partial charge in [0.2, 0.25) is 5.91 Å². The van der Waals surface area contributed by atoms with E-state index < -0.39 is 0 Å². The number of benzene rings is 1. The van der Waals surface area contributed by atoms with Crippen LogP contribution in [0.2, 0.25) is 0 Å². The number of hydrogen-bond acceptors (Lipinski definition) is 3. The number of halogens is 1. The number of hydrogen-bond donors (Lipinski definition) is 2. The maximum atomic E-state index is 12.6. The first kappa shape index (κ1) is 11.4. The van der Waals surface area contributed by atoms with Crippen LogP contribution in [0.5, 0.6) is 0 Å². The largest absolute Gasteiger partial charge is 0.351 e. The number of amides is 1. The van der Waals surface area contributed by atoms with Gasteiger partial charge in [-0.3, -0.25) is 10.1 Å². The molecule has 1 aliphatic heterocycles. The highest BCUT2D eigenvalue weighted by Gasteiger charge is 2.21. The molecule has 0 saturated carbocycles. The molecule has 0 unspecified atom stereocenters. The van der Waals surface area contributed by atoms with Crippen LogP contribution in [0.4, 0.5) is 4.39 Å². The molecule has 0 bridgehead atoms. The predicted molar refractivity (Wildman–Crippen MR) is 62.5 cm³/mol. The monoisotopic (exact) mass is 240 g/mol. The molecule has 16 heavy (non-hydrogen) atoms. The van der Waals surface area contributed by atoms with Gasteiger partial charge in [0, 0.05) is 18.2 Å². The van der Waals surface area contributed by atoms with Crippen molar-refractivity contribution >= 4 is 17.7 Å². The van der Waals surface area contributed by atoms with Gasteiger partial charge in [-0.15, -0.1) is 11.8 Å². The van der Waals surface area contributed by atoms with E-state index in [1.54, 1.807) is 23.9 Å². The molecule has 2 rings (SSSR count). The van der Waals surface area contributed by atoms with E-state index in [9.17, 15) is 9.18 Å². The Morgan fingerprint density at radius 1 is 1.50 bits per heavy atom. The minimum absolute atomic E-state index is 0.00863. The van der Waals surface area contributed by atoms with Gasteiger partial charge in [-0.2, -0.15) is 0 Å². The van der Waals surface area contributed by atoms with Crippen LogP contribution in [0, 0.1) is 5.82 Å². The normalized spacial score (nSPS) is 19.7. The van der Waals surface area contributed by atoms with Gasteiger partial charge in [0.25, 0.3) is 0 Å². The number of carbonyl (C=O) groups excluding carboxylic acids is 1. The standard InChI is InChI=1S/C11H13FN2OS/c12-9-3-1-8(2-4-9)5-13-11(15)10-6-16-7-14-10/h1-4,10,14H,5-7H2,(H,13,15)/t10-/m0/s1. The first-order valence-corrected chi connectivity index (χ1v) is 6.24. The van der Waals surface area contributed by atoms with E-state index in [-0.39, 0.29) is 17.8 Å². The van der Waals surface area contributed by atoms with Crippen LogP contribution in [0.3, 0.4) is 0 Å². The van der Waals surface area contributed by atoms with Crippen molar-refractivity contribution in [1.82, 2.24) is 10.6 Å². The van der Waals surface area contributed by atoms with Crippen LogP contribution in [0.1, 0.15) is 5.56 Å². The van der Waals surface area contributed by atoms with E-state index >= 15 is 0 Å². The van der Waals surface area contributed by atoms with Crippen LogP contribution in [-0.2, 0) is 11.3 Å². The van der Waals surface area contributed by atoms with Gasteiger partial charge in [0.15, 0.2) is 0 Å². The molecule has 1 atom stereocenters. The molecular weight excluding hydrogens is 227 g/mol. The van der Waals surface area contributed by atoms with Gasteiger partial charge in [0.1, 0.15) is 5.82 Å². The second kappa shape index (κ2) is 5.32. The highest BCUT2D eigenvalue weighted by molar-refractivity contribution is 7.99. The van der Waals surface area contributed by atoms with Crippen molar-refractivity contribution in [3.63, 3.8) is 0 Å². The van der Waals surface area contributed by atoms with E-state index in [0.29, 0.717) is 6.54 Å². The van der Waals surface area contributed by atoms with Crippen molar-refractivity contribution in [3.8, 4) is 0 Å². The zero-order valence-electron chi connectivity index (χ0n) is 8.70. The van der Waals surface area contributed by atoms with E-state index in [0.717, 1.165) is 17.2 Å². The van der Waals surface area contributed by atoms with Gasteiger partial charge < -0.3 is 5.32 Å². The maximum Gasteiger partial charge on any atom is 0.238 e. The summed E-state index contributed by atoms with van der Waals surface area (Å²) in [5.74, 6) is 1.39. The smallest absolute Gasteiger partial charge is 0.238 e. The third-order valence-corrected chi connectivity index (χ3v) is 3.35. The summed E-state index contributed by atoms with van der Waals surface area (Å²) >= 11 is 1.71. The molecule has 86 valence electrons. The number of nitrogens with one attached hydrogen (secondary N) is 2. The van der Waals surface area contributed by atoms with Gasteiger partial charge in [0.05, 0.1) is 6.04 Å². The second-order valence-corrected chi connectivity index (χ2v) is 4.65. The molecule has 0 aromatic heterocycles. The van der Waals surface area contributed by atoms with Crippen molar-refractivity contribution in [2.24, 2.45) is 0 Å². The molecule has 0 spiro atoms. The van der Waals surface area contributed by atoms with Crippen LogP contribution in [-0.4, -0.2) is 23.6 Å². The minimum Gasteiger partial charge on any atom is -0.351 e. The molecule has 1 aromatic carbocycles. The number of rotatable bonds is 3. The van der Waals surface area contributed by atoms with Crippen molar-refractivity contribution < 1.29 is 9.18 Å². The number of thioether (sulfide) groups is 1. The molecule has 1 amide bonds. The summed E-state index contributed by atoms with van der Waals surface area (Å²) < 4.78 is 12.6. The Bertz CT molecular complexity index is 363. The average Bonchev–Trinajstić information content (AvgIpc) is 2.81. The van der Waals surface area contributed by atoms with Gasteiger partial charge >= 0.3 is 0 Å². The van der Waals surface area contributed by atoms with Gasteiger partial charge in [-0.1, -0.05) is 12.1 Å². The predicted octanol–water partition coefficient (Wildman–Crippen LogP) is 1.10. The molecular formula is C11H13FN2OS. The Hall–Kier alpha value is -1.07. The van der Waals surface area contributed by atoms with Gasteiger partial charge in [-0.05, 0) is 17.7 Å². The average molecular weight is 240 g/mol. The summed E-state index contributed by atoms with van der Waals surface area (Å²) in [7, 11) is 0. The van der Waals surface area contributed by atoms with E-state index in [4.69, 9.17) is 0 Å². The first-order valence-electron chi connectivity index (χ1n) is 5.09. The Morgan fingerprint density at radius 3 is 2.88 bits per heavy atom. The van der Waals surface area contributed by atoms with E-state index in [1.165, 1.54) is 12.1 Å². The van der Waals surface area contributed by atoms with E-state index in [2.05, 4.69) is 10.6 Å². The van der Waals surface area contributed by atoms with Crippen molar-refractivity contribution in [2.45, 2.75) is 12.6 Å². The van der Waals surface area contributed by atoms with Gasteiger partial charge in [-0.25, -0.2) is 4.39 Å². The fourth-order valence-corrected chi connectivity index (χ4v) is 2.42. The zero-order chi connectivity index (χ0) is 11.4. The summed E-state index contributed by atoms with van der Waals surface area (Å²) in [6.45, 7) is 0.446. The molecule has 1 fully saturated rings. The molecule has 1 heterocycles. The topological polar surface area (TPSA) is 41.1 Å². The van der Waals surface area contributed by atoms with Crippen molar-refractivity contribution in [3.05, 3.63) is 35.6 Å². The lowest BCUT2D eigenvalue weighted by Crippen LogP contribution is -2.41. The highest BCUT2D eigenvalue weighted by Crippen LogP contribution is 2.09. The Labute approximate surface area is 97.8 Å². The summed E-state index contributed by atoms with van der Waals surface area (Å²) in [5, 5.41) is 5.92. The molecule has 0 radical (unpaired) electrons. The molecule has 1 aliphatic rings. The molecule has 5 heteroatoms. The van der Waals surface area contributed by atoms with Crippen LogP contribution < -0.4 is 10.6 Å². The van der Waals surface area contributed by atoms with Crippen molar-refractivity contribution in [1.29, 1.82) is 0 Å². The maximum absolute atomic E-state index is 12.6. The Balaban J connectivity index is 1.82. The Kier molecular flexibility index (Phi) is 3.79. The second-order valence-electron chi connectivity index (χ2n) is 3.62. The fourth-order valence-electron chi connectivity index (χ4n) is 1.48. The summed E-state index contributed by atoms with van der Waals surface area (Å²) in [6.07, 6.45) is 0. The summed E-state index contributed by atoms with van der Waals surface area (Å²) in [6, 6.07) is 6.04. The molecule has 3 nitrogen and oxygen atoms in total. The SMILES string of the molecule is O=C(NCc1ccc(F)cc1)[C@@H]1CSCN1. The highest BCUT2D eigenvalue weighted by atomic mass is 32.2. The van der Waals surface area contributed by atoms with E-state index in [1.807, 2.05) is 0 Å². The quantitative estimate of drug-likeness (QED) is 0.831. The molecule has 1 saturated heterocycles. The third kappa shape index (κ3) is 2.96. The lowest BCUT2D eigenvalue weighted by molar-refractivity contribution is -0.122. The third-order valence-electron chi connectivity index (χ3n) is 2.41. The van der Waals surface area contributed by atoms with Crippen LogP contribution in [0.15, 0.2) is 24.3 Å². The summed E-state index contributed by atoms with van der Waals surface area (Å²) in [4.78, 5) is 11.6. The Morgan fingerprint density at radius 2 is 2.25 bits per heavy atom.